The molecule has 0 bridgehead atoms. The lowest BCUT2D eigenvalue weighted by molar-refractivity contribution is 0.0908. The van der Waals surface area contributed by atoms with Gasteiger partial charge in [-0.25, -0.2) is 0 Å². The summed E-state index contributed by atoms with van der Waals surface area (Å²) in [5.41, 5.74) is 1.43. The number of hydrogen-bond donors (Lipinski definition) is 2. The molecule has 2 N–H and O–H groups in total. The number of benzene rings is 1. The minimum Gasteiger partial charge on any atom is -0.384 e. The van der Waals surface area contributed by atoms with Crippen LogP contribution in [-0.2, 0) is 4.74 Å². The second kappa shape index (κ2) is 7.66. The van der Waals surface area contributed by atoms with E-state index in [2.05, 4.69) is 24.5 Å². The summed E-state index contributed by atoms with van der Waals surface area (Å²) in [5.74, 6) is 0.301. The highest BCUT2D eigenvalue weighted by atomic mass is 35.5. The van der Waals surface area contributed by atoms with Gasteiger partial charge in [-0.2, -0.15) is 0 Å². The van der Waals surface area contributed by atoms with E-state index in [9.17, 15) is 4.79 Å². The molecule has 116 valence electrons. The third-order valence-corrected chi connectivity index (χ3v) is 4.08. The lowest BCUT2D eigenvalue weighted by Gasteiger charge is -2.16. The molecule has 1 aliphatic heterocycles. The van der Waals surface area contributed by atoms with E-state index in [0.717, 1.165) is 31.7 Å². The molecule has 5 heteroatoms. The molecule has 2 atom stereocenters. The maximum absolute atomic E-state index is 12.4. The Bertz CT molecular complexity index is 493. The molecule has 0 spiro atoms. The number of ether oxygens (including phenoxy) is 1. The maximum Gasteiger partial charge on any atom is 0.253 e. The molecular formula is C16H23ClN2O2. The van der Waals surface area contributed by atoms with Gasteiger partial charge in [0.1, 0.15) is 0 Å². The summed E-state index contributed by atoms with van der Waals surface area (Å²) in [5, 5.41) is 6.83. The first-order valence-corrected chi connectivity index (χ1v) is 7.92. The zero-order chi connectivity index (χ0) is 15.2. The van der Waals surface area contributed by atoms with Crippen LogP contribution in [-0.4, -0.2) is 31.7 Å². The summed E-state index contributed by atoms with van der Waals surface area (Å²) in [4.78, 5) is 12.4. The SMILES string of the molecule is CCCNc1ccc(Cl)cc1C(=O)NCC1CCOC1C. The van der Waals surface area contributed by atoms with Crippen LogP contribution in [0.1, 0.15) is 37.0 Å². The average Bonchev–Trinajstić information content (AvgIpc) is 2.88. The summed E-state index contributed by atoms with van der Waals surface area (Å²) < 4.78 is 5.51. The second-order valence-corrected chi connectivity index (χ2v) is 5.89. The molecular weight excluding hydrogens is 288 g/mol. The highest BCUT2D eigenvalue weighted by molar-refractivity contribution is 6.31. The van der Waals surface area contributed by atoms with Gasteiger partial charge >= 0.3 is 0 Å². The predicted molar refractivity (Wildman–Crippen MR) is 86.1 cm³/mol. The number of halogens is 1. The van der Waals surface area contributed by atoms with Crippen LogP contribution in [0.5, 0.6) is 0 Å². The van der Waals surface area contributed by atoms with Crippen LogP contribution in [0.3, 0.4) is 0 Å². The van der Waals surface area contributed by atoms with Crippen molar-refractivity contribution in [3.63, 3.8) is 0 Å². The van der Waals surface area contributed by atoms with E-state index in [1.807, 2.05) is 6.07 Å². The lowest BCUT2D eigenvalue weighted by Crippen LogP contribution is -2.32. The molecule has 0 aliphatic carbocycles. The predicted octanol–water partition coefficient (Wildman–Crippen LogP) is 3.32. The van der Waals surface area contributed by atoms with Gasteiger partial charge in [-0.15, -0.1) is 0 Å². The highest BCUT2D eigenvalue weighted by Gasteiger charge is 2.25. The Balaban J connectivity index is 2.01. The topological polar surface area (TPSA) is 50.4 Å². The van der Waals surface area contributed by atoms with Gasteiger partial charge in [-0.1, -0.05) is 18.5 Å². The zero-order valence-corrected chi connectivity index (χ0v) is 13.4. The van der Waals surface area contributed by atoms with Gasteiger partial charge in [-0.05, 0) is 38.0 Å². The molecule has 0 radical (unpaired) electrons. The van der Waals surface area contributed by atoms with E-state index < -0.39 is 0 Å². The van der Waals surface area contributed by atoms with Crippen molar-refractivity contribution in [2.75, 3.05) is 25.0 Å². The van der Waals surface area contributed by atoms with Gasteiger partial charge in [0.15, 0.2) is 0 Å². The van der Waals surface area contributed by atoms with Gasteiger partial charge in [0.05, 0.1) is 11.7 Å². The number of amides is 1. The standard InChI is InChI=1S/C16H23ClN2O2/c1-3-7-18-15-5-4-13(17)9-14(15)16(20)19-10-12-6-8-21-11(12)2/h4-5,9,11-12,18H,3,6-8,10H2,1-2H3,(H,19,20). The fraction of sp³-hybridized carbons (Fsp3) is 0.562. The van der Waals surface area contributed by atoms with Crippen molar-refractivity contribution < 1.29 is 9.53 Å². The molecule has 21 heavy (non-hydrogen) atoms. The fourth-order valence-electron chi connectivity index (χ4n) is 2.48. The lowest BCUT2D eigenvalue weighted by atomic mass is 10.0. The quantitative estimate of drug-likeness (QED) is 0.847. The number of hydrogen-bond acceptors (Lipinski definition) is 3. The van der Waals surface area contributed by atoms with Gasteiger partial charge in [-0.3, -0.25) is 4.79 Å². The minimum absolute atomic E-state index is 0.0878. The van der Waals surface area contributed by atoms with Crippen LogP contribution < -0.4 is 10.6 Å². The van der Waals surface area contributed by atoms with Crippen molar-refractivity contribution in [1.29, 1.82) is 0 Å². The van der Waals surface area contributed by atoms with Gasteiger partial charge < -0.3 is 15.4 Å². The Labute approximate surface area is 131 Å². The van der Waals surface area contributed by atoms with Crippen LogP contribution in [0.2, 0.25) is 5.02 Å². The Morgan fingerprint density at radius 1 is 1.48 bits per heavy atom. The highest BCUT2D eigenvalue weighted by Crippen LogP contribution is 2.22. The van der Waals surface area contributed by atoms with Crippen LogP contribution in [0.15, 0.2) is 18.2 Å². The molecule has 2 unspecified atom stereocenters. The number of anilines is 1. The number of carbonyl (C=O) groups is 1. The number of nitrogens with one attached hydrogen (secondary N) is 2. The Morgan fingerprint density at radius 3 is 2.95 bits per heavy atom. The first-order valence-electron chi connectivity index (χ1n) is 7.55. The van der Waals surface area contributed by atoms with Crippen molar-refractivity contribution in [3.8, 4) is 0 Å². The molecule has 2 rings (SSSR count). The molecule has 0 aromatic heterocycles. The first kappa shape index (κ1) is 16.1. The summed E-state index contributed by atoms with van der Waals surface area (Å²) >= 11 is 6.02. The van der Waals surface area contributed by atoms with E-state index in [0.29, 0.717) is 23.0 Å². The number of carbonyl (C=O) groups excluding carboxylic acids is 1. The van der Waals surface area contributed by atoms with Crippen molar-refractivity contribution in [2.45, 2.75) is 32.8 Å². The van der Waals surface area contributed by atoms with Crippen LogP contribution >= 0.6 is 11.6 Å². The third kappa shape index (κ3) is 4.35. The largest absolute Gasteiger partial charge is 0.384 e. The smallest absolute Gasteiger partial charge is 0.253 e. The Morgan fingerprint density at radius 2 is 2.29 bits per heavy atom. The third-order valence-electron chi connectivity index (χ3n) is 3.85. The molecule has 1 aromatic carbocycles. The molecule has 1 aromatic rings. The molecule has 1 fully saturated rings. The second-order valence-electron chi connectivity index (χ2n) is 5.45. The number of rotatable bonds is 6. The van der Waals surface area contributed by atoms with Crippen molar-refractivity contribution in [2.24, 2.45) is 5.92 Å². The van der Waals surface area contributed by atoms with Crippen LogP contribution in [0, 0.1) is 5.92 Å². The molecule has 1 saturated heterocycles. The first-order chi connectivity index (χ1) is 10.1. The van der Waals surface area contributed by atoms with Crippen molar-refractivity contribution >= 4 is 23.2 Å². The fourth-order valence-corrected chi connectivity index (χ4v) is 2.65. The summed E-state index contributed by atoms with van der Waals surface area (Å²) in [6.07, 6.45) is 2.21. The van der Waals surface area contributed by atoms with E-state index in [1.165, 1.54) is 0 Å². The molecule has 4 nitrogen and oxygen atoms in total. The molecule has 1 aliphatic rings. The monoisotopic (exact) mass is 310 g/mol. The van der Waals surface area contributed by atoms with E-state index in [-0.39, 0.29) is 12.0 Å². The average molecular weight is 311 g/mol. The minimum atomic E-state index is -0.0878. The van der Waals surface area contributed by atoms with Crippen molar-refractivity contribution in [1.82, 2.24) is 5.32 Å². The maximum atomic E-state index is 12.4. The summed E-state index contributed by atoms with van der Waals surface area (Å²) in [6.45, 7) is 6.39. The van der Waals surface area contributed by atoms with Gasteiger partial charge in [0.25, 0.3) is 5.91 Å². The van der Waals surface area contributed by atoms with E-state index >= 15 is 0 Å². The molecule has 1 heterocycles. The summed E-state index contributed by atoms with van der Waals surface area (Å²) in [6, 6.07) is 5.36. The Hall–Kier alpha value is -1.26. The van der Waals surface area contributed by atoms with Gasteiger partial charge in [0, 0.05) is 36.3 Å². The van der Waals surface area contributed by atoms with Gasteiger partial charge in [0.2, 0.25) is 0 Å². The van der Waals surface area contributed by atoms with E-state index in [1.54, 1.807) is 12.1 Å². The zero-order valence-electron chi connectivity index (χ0n) is 12.6. The van der Waals surface area contributed by atoms with Crippen LogP contribution in [0.25, 0.3) is 0 Å². The summed E-state index contributed by atoms with van der Waals surface area (Å²) in [7, 11) is 0. The van der Waals surface area contributed by atoms with Crippen molar-refractivity contribution in [3.05, 3.63) is 28.8 Å². The normalized spacial score (nSPS) is 21.3. The molecule has 0 saturated carbocycles. The Kier molecular flexibility index (Phi) is 5.88. The van der Waals surface area contributed by atoms with E-state index in [4.69, 9.17) is 16.3 Å². The van der Waals surface area contributed by atoms with Crippen LogP contribution in [0.4, 0.5) is 5.69 Å². The molecule has 1 amide bonds.